The number of nitrogens with one attached hydrogen (secondary N) is 1. The molecule has 1 atom stereocenters. The van der Waals surface area contributed by atoms with Crippen LogP contribution >= 0.6 is 0 Å². The molecular formula is C16H17F2N. The number of hydrogen-bond donors (Lipinski definition) is 1. The van der Waals surface area contributed by atoms with E-state index in [1.54, 1.807) is 24.3 Å². The number of rotatable bonds is 4. The van der Waals surface area contributed by atoms with Crippen LogP contribution in [0.4, 0.5) is 8.78 Å². The molecule has 2 aromatic rings. The van der Waals surface area contributed by atoms with Crippen LogP contribution in [0.5, 0.6) is 0 Å². The molecule has 19 heavy (non-hydrogen) atoms. The second-order valence-electron chi connectivity index (χ2n) is 4.57. The van der Waals surface area contributed by atoms with Gasteiger partial charge in [-0.25, -0.2) is 8.78 Å². The first-order chi connectivity index (χ1) is 9.11. The van der Waals surface area contributed by atoms with Gasteiger partial charge < -0.3 is 5.32 Å². The Hall–Kier alpha value is -1.74. The van der Waals surface area contributed by atoms with E-state index in [9.17, 15) is 8.78 Å². The van der Waals surface area contributed by atoms with Gasteiger partial charge in [-0.3, -0.25) is 0 Å². The second-order valence-corrected chi connectivity index (χ2v) is 4.57. The molecule has 0 radical (unpaired) electrons. The summed E-state index contributed by atoms with van der Waals surface area (Å²) in [7, 11) is 0. The minimum atomic E-state index is -0.333. The van der Waals surface area contributed by atoms with E-state index in [0.29, 0.717) is 12.1 Å². The average molecular weight is 261 g/mol. The molecule has 100 valence electrons. The van der Waals surface area contributed by atoms with Crippen LogP contribution in [0, 0.1) is 18.6 Å². The Morgan fingerprint density at radius 2 is 1.89 bits per heavy atom. The van der Waals surface area contributed by atoms with E-state index < -0.39 is 0 Å². The first-order valence-electron chi connectivity index (χ1n) is 6.36. The summed E-state index contributed by atoms with van der Waals surface area (Å²) in [5, 5.41) is 3.20. The molecule has 0 spiro atoms. The van der Waals surface area contributed by atoms with Gasteiger partial charge in [0, 0.05) is 5.56 Å². The summed E-state index contributed by atoms with van der Waals surface area (Å²) in [5.41, 5.74) is 2.26. The molecule has 2 aromatic carbocycles. The van der Waals surface area contributed by atoms with Crippen molar-refractivity contribution >= 4 is 0 Å². The minimum Gasteiger partial charge on any atom is -0.306 e. The SMILES string of the molecule is CCNC(c1cccc(F)c1)c1cc(C)ccc1F. The molecule has 0 fully saturated rings. The zero-order chi connectivity index (χ0) is 13.8. The lowest BCUT2D eigenvalue weighted by molar-refractivity contribution is 0.554. The van der Waals surface area contributed by atoms with Crippen molar-refractivity contribution in [2.75, 3.05) is 6.54 Å². The number of benzene rings is 2. The van der Waals surface area contributed by atoms with Crippen LogP contribution in [0.1, 0.15) is 29.7 Å². The molecule has 0 amide bonds. The van der Waals surface area contributed by atoms with Crippen molar-refractivity contribution in [1.29, 1.82) is 0 Å². The van der Waals surface area contributed by atoms with Gasteiger partial charge in [-0.15, -0.1) is 0 Å². The lowest BCUT2D eigenvalue weighted by Crippen LogP contribution is -2.23. The summed E-state index contributed by atoms with van der Waals surface area (Å²) >= 11 is 0. The molecular weight excluding hydrogens is 244 g/mol. The van der Waals surface area contributed by atoms with E-state index in [1.807, 2.05) is 13.8 Å². The molecule has 0 aliphatic carbocycles. The first kappa shape index (κ1) is 13.7. The average Bonchev–Trinajstić information content (AvgIpc) is 2.39. The normalized spacial score (nSPS) is 12.4. The summed E-state index contributed by atoms with van der Waals surface area (Å²) < 4.78 is 27.3. The van der Waals surface area contributed by atoms with Crippen LogP contribution in [-0.2, 0) is 0 Å². The van der Waals surface area contributed by atoms with Gasteiger partial charge in [0.2, 0.25) is 0 Å². The van der Waals surface area contributed by atoms with Crippen molar-refractivity contribution in [3.63, 3.8) is 0 Å². The Kier molecular flexibility index (Phi) is 4.27. The van der Waals surface area contributed by atoms with Gasteiger partial charge in [-0.2, -0.15) is 0 Å². The minimum absolute atomic E-state index is 0.277. The van der Waals surface area contributed by atoms with E-state index >= 15 is 0 Å². The molecule has 3 heteroatoms. The summed E-state index contributed by atoms with van der Waals surface area (Å²) in [6.07, 6.45) is 0. The van der Waals surface area contributed by atoms with E-state index in [1.165, 1.54) is 18.2 Å². The smallest absolute Gasteiger partial charge is 0.128 e. The van der Waals surface area contributed by atoms with Gasteiger partial charge in [-0.1, -0.05) is 36.8 Å². The number of aryl methyl sites for hydroxylation is 1. The highest BCUT2D eigenvalue weighted by molar-refractivity contribution is 5.35. The van der Waals surface area contributed by atoms with E-state index in [4.69, 9.17) is 0 Å². The highest BCUT2D eigenvalue weighted by Crippen LogP contribution is 2.25. The van der Waals surface area contributed by atoms with Crippen molar-refractivity contribution in [1.82, 2.24) is 5.32 Å². The Balaban J connectivity index is 2.48. The lowest BCUT2D eigenvalue weighted by atomic mass is 9.96. The van der Waals surface area contributed by atoms with Crippen molar-refractivity contribution in [3.05, 3.63) is 70.8 Å². The summed E-state index contributed by atoms with van der Waals surface area (Å²) in [4.78, 5) is 0. The fourth-order valence-electron chi connectivity index (χ4n) is 2.18. The summed E-state index contributed by atoms with van der Waals surface area (Å²) in [5.74, 6) is -0.589. The molecule has 0 bridgehead atoms. The quantitative estimate of drug-likeness (QED) is 0.878. The fourth-order valence-corrected chi connectivity index (χ4v) is 2.18. The maximum Gasteiger partial charge on any atom is 0.128 e. The Labute approximate surface area is 112 Å². The zero-order valence-corrected chi connectivity index (χ0v) is 11.1. The summed E-state index contributed by atoms with van der Waals surface area (Å²) in [6.45, 7) is 4.53. The maximum absolute atomic E-state index is 14.0. The van der Waals surface area contributed by atoms with Gasteiger partial charge in [0.25, 0.3) is 0 Å². The van der Waals surface area contributed by atoms with Crippen molar-refractivity contribution in [2.24, 2.45) is 0 Å². The Morgan fingerprint density at radius 1 is 1.11 bits per heavy atom. The van der Waals surface area contributed by atoms with E-state index in [2.05, 4.69) is 5.32 Å². The largest absolute Gasteiger partial charge is 0.306 e. The van der Waals surface area contributed by atoms with E-state index in [-0.39, 0.29) is 17.7 Å². The molecule has 0 saturated carbocycles. The third-order valence-electron chi connectivity index (χ3n) is 3.05. The second kappa shape index (κ2) is 5.93. The highest BCUT2D eigenvalue weighted by atomic mass is 19.1. The first-order valence-corrected chi connectivity index (χ1v) is 6.36. The molecule has 0 aromatic heterocycles. The molecule has 0 saturated heterocycles. The van der Waals surface area contributed by atoms with Gasteiger partial charge in [0.05, 0.1) is 6.04 Å². The van der Waals surface area contributed by atoms with Crippen molar-refractivity contribution in [3.8, 4) is 0 Å². The molecule has 0 heterocycles. The lowest BCUT2D eigenvalue weighted by Gasteiger charge is -2.20. The van der Waals surface area contributed by atoms with Crippen LogP contribution in [0.25, 0.3) is 0 Å². The third kappa shape index (κ3) is 3.18. The fraction of sp³-hybridized carbons (Fsp3) is 0.250. The van der Waals surface area contributed by atoms with Crippen molar-refractivity contribution in [2.45, 2.75) is 19.9 Å². The van der Waals surface area contributed by atoms with E-state index in [0.717, 1.165) is 11.1 Å². The summed E-state index contributed by atoms with van der Waals surface area (Å²) in [6, 6.07) is 10.9. The van der Waals surface area contributed by atoms with Gasteiger partial charge in [0.15, 0.2) is 0 Å². The Bertz CT molecular complexity index is 566. The number of halogens is 2. The molecule has 1 nitrogen and oxygen atoms in total. The van der Waals surface area contributed by atoms with Crippen LogP contribution in [-0.4, -0.2) is 6.54 Å². The molecule has 1 N–H and O–H groups in total. The Morgan fingerprint density at radius 3 is 2.58 bits per heavy atom. The topological polar surface area (TPSA) is 12.0 Å². The highest BCUT2D eigenvalue weighted by Gasteiger charge is 2.17. The third-order valence-corrected chi connectivity index (χ3v) is 3.05. The van der Waals surface area contributed by atoms with Crippen LogP contribution < -0.4 is 5.32 Å². The standard InChI is InChI=1S/C16H17F2N/c1-3-19-16(12-5-4-6-13(17)10-12)14-9-11(2)7-8-15(14)18/h4-10,16,19H,3H2,1-2H3. The predicted molar refractivity (Wildman–Crippen MR) is 73.1 cm³/mol. The van der Waals surface area contributed by atoms with Crippen LogP contribution in [0.15, 0.2) is 42.5 Å². The van der Waals surface area contributed by atoms with Gasteiger partial charge in [-0.05, 0) is 37.2 Å². The molecule has 1 unspecified atom stereocenters. The zero-order valence-electron chi connectivity index (χ0n) is 11.1. The molecule has 0 aliphatic heterocycles. The van der Waals surface area contributed by atoms with Crippen LogP contribution in [0.2, 0.25) is 0 Å². The van der Waals surface area contributed by atoms with Gasteiger partial charge in [0.1, 0.15) is 11.6 Å². The molecule has 0 aliphatic rings. The van der Waals surface area contributed by atoms with Crippen LogP contribution in [0.3, 0.4) is 0 Å². The predicted octanol–water partition coefficient (Wildman–Crippen LogP) is 3.97. The monoisotopic (exact) mass is 261 g/mol. The maximum atomic E-state index is 14.0. The molecule has 2 rings (SSSR count). The van der Waals surface area contributed by atoms with Crippen molar-refractivity contribution < 1.29 is 8.78 Å². The van der Waals surface area contributed by atoms with Gasteiger partial charge >= 0.3 is 0 Å². The number of hydrogen-bond acceptors (Lipinski definition) is 1.